The van der Waals surface area contributed by atoms with E-state index in [-0.39, 0.29) is 11.5 Å². The minimum absolute atomic E-state index is 0.0531. The van der Waals surface area contributed by atoms with Crippen LogP contribution in [-0.4, -0.2) is 28.0 Å². The molecule has 3 aromatic carbocycles. The van der Waals surface area contributed by atoms with E-state index >= 15 is 0 Å². The Morgan fingerprint density at radius 2 is 1.74 bits per heavy atom. The van der Waals surface area contributed by atoms with Gasteiger partial charge < -0.3 is 14.8 Å². The van der Waals surface area contributed by atoms with E-state index in [4.69, 9.17) is 9.47 Å². The van der Waals surface area contributed by atoms with Crippen molar-refractivity contribution >= 4 is 27.3 Å². The van der Waals surface area contributed by atoms with Crippen molar-refractivity contribution < 1.29 is 27.1 Å². The van der Waals surface area contributed by atoms with Crippen LogP contribution in [-0.2, 0) is 14.8 Å². The predicted octanol–water partition coefficient (Wildman–Crippen LogP) is 3.96. The average molecular weight is 444 g/mol. The first-order valence-electron chi connectivity index (χ1n) is 9.22. The molecule has 0 radical (unpaired) electrons. The lowest BCUT2D eigenvalue weighted by atomic mass is 10.2. The summed E-state index contributed by atoms with van der Waals surface area (Å²) >= 11 is 0. The van der Waals surface area contributed by atoms with Crippen LogP contribution >= 0.6 is 0 Å². The molecule has 0 fully saturated rings. The summed E-state index contributed by atoms with van der Waals surface area (Å²) in [5.41, 5.74) is 1.25. The highest BCUT2D eigenvalue weighted by molar-refractivity contribution is 7.92. The fourth-order valence-electron chi connectivity index (χ4n) is 2.73. The van der Waals surface area contributed by atoms with Crippen LogP contribution in [0, 0.1) is 12.7 Å². The van der Waals surface area contributed by atoms with E-state index in [9.17, 15) is 17.6 Å². The molecule has 7 nitrogen and oxygen atoms in total. The van der Waals surface area contributed by atoms with Gasteiger partial charge in [-0.05, 0) is 73.2 Å². The van der Waals surface area contributed by atoms with Crippen molar-refractivity contribution in [2.24, 2.45) is 0 Å². The molecule has 0 spiro atoms. The number of amides is 1. The Labute approximate surface area is 179 Å². The van der Waals surface area contributed by atoms with E-state index in [2.05, 4.69) is 10.0 Å². The van der Waals surface area contributed by atoms with Crippen molar-refractivity contribution in [1.82, 2.24) is 0 Å². The molecular weight excluding hydrogens is 423 g/mol. The van der Waals surface area contributed by atoms with Crippen LogP contribution < -0.4 is 19.5 Å². The van der Waals surface area contributed by atoms with Crippen LogP contribution in [0.5, 0.6) is 11.5 Å². The van der Waals surface area contributed by atoms with Gasteiger partial charge in [0, 0.05) is 11.4 Å². The summed E-state index contributed by atoms with van der Waals surface area (Å²) in [7, 11) is -2.28. The van der Waals surface area contributed by atoms with E-state index in [0.29, 0.717) is 28.4 Å². The van der Waals surface area contributed by atoms with Crippen molar-refractivity contribution in [2.45, 2.75) is 11.8 Å². The lowest BCUT2D eigenvalue weighted by Crippen LogP contribution is -2.20. The van der Waals surface area contributed by atoms with Gasteiger partial charge in [-0.1, -0.05) is 6.07 Å². The second kappa shape index (κ2) is 9.48. The Balaban J connectivity index is 1.63. The number of rotatable bonds is 8. The average Bonchev–Trinajstić information content (AvgIpc) is 2.73. The summed E-state index contributed by atoms with van der Waals surface area (Å²) in [4.78, 5) is 12.1. The van der Waals surface area contributed by atoms with E-state index in [1.165, 1.54) is 43.5 Å². The second-order valence-electron chi connectivity index (χ2n) is 6.61. The van der Waals surface area contributed by atoms with Crippen molar-refractivity contribution in [3.63, 3.8) is 0 Å². The van der Waals surface area contributed by atoms with E-state index in [0.717, 1.165) is 0 Å². The van der Waals surface area contributed by atoms with Gasteiger partial charge in [-0.15, -0.1) is 0 Å². The predicted molar refractivity (Wildman–Crippen MR) is 116 cm³/mol. The minimum Gasteiger partial charge on any atom is -0.497 e. The fourth-order valence-corrected chi connectivity index (χ4v) is 3.87. The van der Waals surface area contributed by atoms with Gasteiger partial charge in [0.15, 0.2) is 6.61 Å². The van der Waals surface area contributed by atoms with Crippen molar-refractivity contribution in [1.29, 1.82) is 0 Å². The first-order valence-corrected chi connectivity index (χ1v) is 10.7. The molecule has 3 aromatic rings. The Kier molecular flexibility index (Phi) is 6.76. The van der Waals surface area contributed by atoms with Crippen LogP contribution in [0.3, 0.4) is 0 Å². The lowest BCUT2D eigenvalue weighted by molar-refractivity contribution is -0.118. The number of carbonyl (C=O) groups is 1. The van der Waals surface area contributed by atoms with Gasteiger partial charge in [-0.2, -0.15) is 0 Å². The summed E-state index contributed by atoms with van der Waals surface area (Å²) in [5, 5.41) is 2.52. The molecule has 3 rings (SSSR count). The normalized spacial score (nSPS) is 10.9. The van der Waals surface area contributed by atoms with Crippen LogP contribution in [0.4, 0.5) is 15.8 Å². The summed E-state index contributed by atoms with van der Waals surface area (Å²) in [6.07, 6.45) is 0. The fraction of sp³-hybridized carbons (Fsp3) is 0.136. The molecule has 9 heteroatoms. The molecule has 0 aliphatic carbocycles. The molecule has 162 valence electrons. The third kappa shape index (κ3) is 5.95. The monoisotopic (exact) mass is 444 g/mol. The molecule has 0 aliphatic heterocycles. The molecular formula is C22H21FN2O5S. The van der Waals surface area contributed by atoms with Gasteiger partial charge in [0.25, 0.3) is 15.9 Å². The number of aryl methyl sites for hydroxylation is 1. The van der Waals surface area contributed by atoms with Gasteiger partial charge in [0.05, 0.1) is 12.0 Å². The number of benzene rings is 3. The lowest BCUT2D eigenvalue weighted by Gasteiger charge is -2.12. The maximum absolute atomic E-state index is 13.2. The highest BCUT2D eigenvalue weighted by Gasteiger charge is 2.16. The number of sulfonamides is 1. The van der Waals surface area contributed by atoms with Crippen molar-refractivity contribution in [3.8, 4) is 11.5 Å². The number of halogens is 1. The molecule has 1 amide bonds. The molecule has 0 heterocycles. The first kappa shape index (κ1) is 22.1. The van der Waals surface area contributed by atoms with Crippen LogP contribution in [0.15, 0.2) is 71.6 Å². The number of ether oxygens (including phenoxy) is 2. The number of hydrogen-bond acceptors (Lipinski definition) is 5. The van der Waals surface area contributed by atoms with Gasteiger partial charge in [-0.25, -0.2) is 12.8 Å². The topological polar surface area (TPSA) is 93.7 Å². The van der Waals surface area contributed by atoms with Gasteiger partial charge in [0.2, 0.25) is 0 Å². The minimum atomic E-state index is -3.81. The van der Waals surface area contributed by atoms with E-state index in [1.807, 2.05) is 0 Å². The molecule has 0 saturated heterocycles. The number of hydrogen-bond donors (Lipinski definition) is 2. The Morgan fingerprint density at radius 1 is 1.00 bits per heavy atom. The van der Waals surface area contributed by atoms with Gasteiger partial charge >= 0.3 is 0 Å². The maximum atomic E-state index is 13.2. The summed E-state index contributed by atoms with van der Waals surface area (Å²) in [6, 6.07) is 16.3. The highest BCUT2D eigenvalue weighted by Crippen LogP contribution is 2.24. The second-order valence-corrected chi connectivity index (χ2v) is 8.29. The summed E-state index contributed by atoms with van der Waals surface area (Å²) < 4.78 is 51.5. The van der Waals surface area contributed by atoms with E-state index in [1.54, 1.807) is 37.3 Å². The van der Waals surface area contributed by atoms with Crippen LogP contribution in [0.2, 0.25) is 0 Å². The number of nitrogens with one attached hydrogen (secondary N) is 2. The number of carbonyl (C=O) groups excluding carboxylic acids is 1. The van der Waals surface area contributed by atoms with Crippen LogP contribution in [0.25, 0.3) is 0 Å². The number of methoxy groups -OCH3 is 1. The third-order valence-electron chi connectivity index (χ3n) is 4.27. The number of anilines is 2. The van der Waals surface area contributed by atoms with Crippen LogP contribution in [0.1, 0.15) is 5.56 Å². The van der Waals surface area contributed by atoms with Crippen molar-refractivity contribution in [3.05, 3.63) is 78.1 Å². The Bertz CT molecular complexity index is 1180. The molecule has 31 heavy (non-hydrogen) atoms. The first-order chi connectivity index (χ1) is 14.8. The maximum Gasteiger partial charge on any atom is 0.262 e. The zero-order chi connectivity index (χ0) is 22.4. The Hall–Kier alpha value is -3.59. The molecule has 0 saturated carbocycles. The smallest absolute Gasteiger partial charge is 0.262 e. The largest absolute Gasteiger partial charge is 0.497 e. The summed E-state index contributed by atoms with van der Waals surface area (Å²) in [5.74, 6) is 0.0389. The Morgan fingerprint density at radius 3 is 2.39 bits per heavy atom. The van der Waals surface area contributed by atoms with E-state index < -0.39 is 21.7 Å². The third-order valence-corrected chi connectivity index (χ3v) is 5.65. The SMILES string of the molecule is COc1ccc(NS(=O)(=O)c2ccc(OCC(=O)Nc3cccc(F)c3)c(C)c2)cc1. The molecule has 0 unspecified atom stereocenters. The van der Waals surface area contributed by atoms with Gasteiger partial charge in [0.1, 0.15) is 17.3 Å². The molecule has 0 aliphatic rings. The standard InChI is InChI=1S/C22H21FN2O5S/c1-15-12-20(31(27,28)25-17-6-8-19(29-2)9-7-17)10-11-21(15)30-14-22(26)24-18-5-3-4-16(23)13-18/h3-13,25H,14H2,1-2H3,(H,24,26). The molecule has 0 aromatic heterocycles. The zero-order valence-electron chi connectivity index (χ0n) is 16.9. The highest BCUT2D eigenvalue weighted by atomic mass is 32.2. The van der Waals surface area contributed by atoms with Gasteiger partial charge in [-0.3, -0.25) is 9.52 Å². The summed E-state index contributed by atoms with van der Waals surface area (Å²) in [6.45, 7) is 1.36. The van der Waals surface area contributed by atoms with Crippen molar-refractivity contribution in [2.75, 3.05) is 23.8 Å². The molecule has 0 atom stereocenters. The quantitative estimate of drug-likeness (QED) is 0.549. The molecule has 0 bridgehead atoms. The molecule has 2 N–H and O–H groups in total. The zero-order valence-corrected chi connectivity index (χ0v) is 17.7.